The highest BCUT2D eigenvalue weighted by Crippen LogP contribution is 2.31. The molecule has 6 nitrogen and oxygen atoms in total. The Morgan fingerprint density at radius 2 is 2.25 bits per heavy atom. The third kappa shape index (κ3) is 2.81. The van der Waals surface area contributed by atoms with Gasteiger partial charge in [0.15, 0.2) is 0 Å². The topological polar surface area (TPSA) is 80.1 Å². The number of nitrogens with zero attached hydrogens (tertiary/aromatic N) is 3. The van der Waals surface area contributed by atoms with Crippen molar-refractivity contribution in [2.45, 2.75) is 38.5 Å². The average molecular weight is 279 g/mol. The molecule has 6 heteroatoms. The fraction of sp³-hybridized carbons (Fsp3) is 0.857. The minimum Gasteiger partial charge on any atom is -0.381 e. The summed E-state index contributed by atoms with van der Waals surface area (Å²) in [7, 11) is 0. The Balaban J connectivity index is 1.69. The number of aromatic nitrogens is 3. The van der Waals surface area contributed by atoms with E-state index >= 15 is 0 Å². The number of rotatable bonds is 3. The predicted octanol–water partition coefficient (Wildman–Crippen LogP) is 1.26. The van der Waals surface area contributed by atoms with Crippen LogP contribution >= 0.6 is 0 Å². The van der Waals surface area contributed by atoms with Gasteiger partial charge in [-0.1, -0.05) is 6.92 Å². The van der Waals surface area contributed by atoms with Gasteiger partial charge in [-0.25, -0.2) is 0 Å². The molecule has 0 bridgehead atoms. The Kier molecular flexibility index (Phi) is 3.94. The van der Waals surface area contributed by atoms with Crippen molar-refractivity contribution in [2.75, 3.05) is 37.7 Å². The van der Waals surface area contributed by atoms with Crippen LogP contribution in [0.25, 0.3) is 0 Å². The fourth-order valence-electron chi connectivity index (χ4n) is 3.21. The van der Waals surface area contributed by atoms with Crippen LogP contribution in [0.1, 0.15) is 44.3 Å². The van der Waals surface area contributed by atoms with E-state index in [-0.39, 0.29) is 5.41 Å². The van der Waals surface area contributed by atoms with Crippen molar-refractivity contribution in [1.29, 1.82) is 0 Å². The first-order valence-corrected chi connectivity index (χ1v) is 7.65. The summed E-state index contributed by atoms with van der Waals surface area (Å²) in [6.07, 6.45) is 4.43. The van der Waals surface area contributed by atoms with Crippen molar-refractivity contribution in [3.8, 4) is 0 Å². The largest absolute Gasteiger partial charge is 0.381 e. The number of hydrogen-bond acceptors (Lipinski definition) is 5. The first-order chi connectivity index (χ1) is 9.70. The second-order valence-electron chi connectivity index (χ2n) is 6.45. The molecule has 0 saturated carbocycles. The van der Waals surface area contributed by atoms with Gasteiger partial charge in [-0.15, -0.1) is 5.10 Å². The van der Waals surface area contributed by atoms with Gasteiger partial charge in [0.05, 0.1) is 0 Å². The zero-order chi connectivity index (χ0) is 14.0. The van der Waals surface area contributed by atoms with Crippen molar-refractivity contribution >= 4 is 5.95 Å². The lowest BCUT2D eigenvalue weighted by molar-refractivity contribution is 0.0836. The zero-order valence-corrected chi connectivity index (χ0v) is 12.3. The minimum atomic E-state index is 0.192. The van der Waals surface area contributed by atoms with Crippen molar-refractivity contribution in [1.82, 2.24) is 15.2 Å². The maximum Gasteiger partial charge on any atom is 0.244 e. The minimum absolute atomic E-state index is 0.192. The van der Waals surface area contributed by atoms with E-state index in [2.05, 4.69) is 22.0 Å². The Morgan fingerprint density at radius 1 is 1.45 bits per heavy atom. The van der Waals surface area contributed by atoms with Crippen LogP contribution in [-0.2, 0) is 4.74 Å². The molecule has 0 amide bonds. The molecule has 3 N–H and O–H groups in total. The first-order valence-electron chi connectivity index (χ1n) is 7.65. The number of aromatic amines is 1. The normalized spacial score (nSPS) is 28.8. The lowest BCUT2D eigenvalue weighted by Crippen LogP contribution is -2.46. The molecule has 2 saturated heterocycles. The molecule has 0 aliphatic carbocycles. The number of piperidine rings is 1. The van der Waals surface area contributed by atoms with Gasteiger partial charge in [-0.05, 0) is 37.6 Å². The van der Waals surface area contributed by atoms with Crippen molar-refractivity contribution < 1.29 is 4.74 Å². The Morgan fingerprint density at radius 3 is 3.00 bits per heavy atom. The molecule has 1 atom stereocenters. The quantitative estimate of drug-likeness (QED) is 0.871. The molecular formula is C14H25N5O. The summed E-state index contributed by atoms with van der Waals surface area (Å²) in [5, 5.41) is 7.55. The molecule has 3 heterocycles. The van der Waals surface area contributed by atoms with Crippen LogP contribution in [0, 0.1) is 5.41 Å². The molecule has 3 rings (SSSR count). The SMILES string of the molecule is CC1(CN)CCCN(c2n[nH]c(C3CCOCC3)n2)C1. The lowest BCUT2D eigenvalue weighted by atomic mass is 9.82. The summed E-state index contributed by atoms with van der Waals surface area (Å²) in [6.45, 7) is 6.62. The highest BCUT2D eigenvalue weighted by molar-refractivity contribution is 5.31. The molecule has 1 aromatic heterocycles. The third-order valence-electron chi connectivity index (χ3n) is 4.66. The van der Waals surface area contributed by atoms with Crippen LogP contribution < -0.4 is 10.6 Å². The Bertz CT molecular complexity index is 443. The number of ether oxygens (including phenoxy) is 1. The molecule has 2 aliphatic heterocycles. The predicted molar refractivity (Wildman–Crippen MR) is 77.8 cm³/mol. The van der Waals surface area contributed by atoms with Crippen molar-refractivity contribution in [2.24, 2.45) is 11.1 Å². The van der Waals surface area contributed by atoms with E-state index in [0.29, 0.717) is 5.92 Å². The second-order valence-corrected chi connectivity index (χ2v) is 6.45. The molecule has 0 aromatic carbocycles. The zero-order valence-electron chi connectivity index (χ0n) is 12.3. The van der Waals surface area contributed by atoms with E-state index in [0.717, 1.165) is 63.9 Å². The summed E-state index contributed by atoms with van der Waals surface area (Å²) >= 11 is 0. The summed E-state index contributed by atoms with van der Waals surface area (Å²) in [4.78, 5) is 6.99. The monoisotopic (exact) mass is 279 g/mol. The molecule has 1 unspecified atom stereocenters. The van der Waals surface area contributed by atoms with Gasteiger partial charge in [-0.3, -0.25) is 5.10 Å². The van der Waals surface area contributed by atoms with E-state index in [9.17, 15) is 0 Å². The Labute approximate surface area is 120 Å². The third-order valence-corrected chi connectivity index (χ3v) is 4.66. The van der Waals surface area contributed by atoms with Gasteiger partial charge in [-0.2, -0.15) is 4.98 Å². The Hall–Kier alpha value is -1.14. The average Bonchev–Trinajstić information content (AvgIpc) is 2.98. The first kappa shape index (κ1) is 13.8. The van der Waals surface area contributed by atoms with Gasteiger partial charge in [0.2, 0.25) is 5.95 Å². The van der Waals surface area contributed by atoms with Crippen LogP contribution in [-0.4, -0.2) is 48.0 Å². The summed E-state index contributed by atoms with van der Waals surface area (Å²) < 4.78 is 5.40. The summed E-state index contributed by atoms with van der Waals surface area (Å²) in [6, 6.07) is 0. The van der Waals surface area contributed by atoms with E-state index in [1.807, 2.05) is 0 Å². The summed E-state index contributed by atoms with van der Waals surface area (Å²) in [5.74, 6) is 2.32. The smallest absolute Gasteiger partial charge is 0.244 e. The second kappa shape index (κ2) is 5.69. The molecular weight excluding hydrogens is 254 g/mol. The van der Waals surface area contributed by atoms with Gasteiger partial charge in [0.1, 0.15) is 5.82 Å². The number of nitrogens with two attached hydrogens (primary N) is 1. The van der Waals surface area contributed by atoms with Gasteiger partial charge in [0, 0.05) is 32.2 Å². The standard InChI is InChI=1S/C14H25N5O/c1-14(9-15)5-2-6-19(10-14)13-16-12(17-18-13)11-3-7-20-8-4-11/h11H,2-10,15H2,1H3,(H,16,17,18). The number of nitrogens with one attached hydrogen (secondary N) is 1. The molecule has 20 heavy (non-hydrogen) atoms. The van der Waals surface area contributed by atoms with E-state index in [1.54, 1.807) is 0 Å². The fourth-order valence-corrected chi connectivity index (χ4v) is 3.21. The molecule has 0 spiro atoms. The number of anilines is 1. The van der Waals surface area contributed by atoms with Gasteiger partial charge < -0.3 is 15.4 Å². The van der Waals surface area contributed by atoms with E-state index in [4.69, 9.17) is 15.5 Å². The summed E-state index contributed by atoms with van der Waals surface area (Å²) in [5.41, 5.74) is 6.10. The molecule has 112 valence electrons. The molecule has 1 aromatic rings. The van der Waals surface area contributed by atoms with Crippen molar-refractivity contribution in [3.05, 3.63) is 5.82 Å². The number of H-pyrrole nitrogens is 1. The highest BCUT2D eigenvalue weighted by Gasteiger charge is 2.31. The van der Waals surface area contributed by atoms with Crippen LogP contribution in [0.15, 0.2) is 0 Å². The van der Waals surface area contributed by atoms with Crippen LogP contribution in [0.3, 0.4) is 0 Å². The van der Waals surface area contributed by atoms with E-state index < -0.39 is 0 Å². The van der Waals surface area contributed by atoms with Gasteiger partial charge in [0.25, 0.3) is 0 Å². The lowest BCUT2D eigenvalue weighted by Gasteiger charge is -2.39. The van der Waals surface area contributed by atoms with Crippen molar-refractivity contribution in [3.63, 3.8) is 0 Å². The maximum atomic E-state index is 5.91. The van der Waals surface area contributed by atoms with Crippen LogP contribution in [0.5, 0.6) is 0 Å². The van der Waals surface area contributed by atoms with E-state index in [1.165, 1.54) is 6.42 Å². The van der Waals surface area contributed by atoms with Gasteiger partial charge >= 0.3 is 0 Å². The number of hydrogen-bond donors (Lipinski definition) is 2. The highest BCUT2D eigenvalue weighted by atomic mass is 16.5. The molecule has 0 radical (unpaired) electrons. The maximum absolute atomic E-state index is 5.91. The van der Waals surface area contributed by atoms with Crippen LogP contribution in [0.4, 0.5) is 5.95 Å². The van der Waals surface area contributed by atoms with Crippen LogP contribution in [0.2, 0.25) is 0 Å². The molecule has 2 fully saturated rings. The molecule has 2 aliphatic rings.